The van der Waals surface area contributed by atoms with Gasteiger partial charge < -0.3 is 9.64 Å². The molecule has 2 aromatic carbocycles. The smallest absolute Gasteiger partial charge is 0.340 e. The van der Waals surface area contributed by atoms with Crippen LogP contribution in [0.15, 0.2) is 47.4 Å². The van der Waals surface area contributed by atoms with Crippen LogP contribution in [0.1, 0.15) is 35.2 Å². The van der Waals surface area contributed by atoms with Crippen LogP contribution in [0.25, 0.3) is 0 Å². The second-order valence-electron chi connectivity index (χ2n) is 7.49. The van der Waals surface area contributed by atoms with Gasteiger partial charge in [-0.1, -0.05) is 36.2 Å². The first-order valence-corrected chi connectivity index (χ1v) is 12.0. The Balaban J connectivity index is 1.68. The van der Waals surface area contributed by atoms with Crippen LogP contribution < -0.4 is 0 Å². The van der Waals surface area contributed by atoms with Crippen molar-refractivity contribution in [3.63, 3.8) is 0 Å². The van der Waals surface area contributed by atoms with Crippen molar-refractivity contribution in [3.05, 3.63) is 64.4 Å². The zero-order valence-electron chi connectivity index (χ0n) is 17.6. The summed E-state index contributed by atoms with van der Waals surface area (Å²) in [6.45, 7) is 0.0581. The molecule has 32 heavy (non-hydrogen) atoms. The third-order valence-corrected chi connectivity index (χ3v) is 7.56. The number of benzene rings is 2. The number of amides is 1. The van der Waals surface area contributed by atoms with Gasteiger partial charge in [0.15, 0.2) is 6.61 Å². The second kappa shape index (κ2) is 10.4. The number of likely N-dealkylation sites (N-methyl/N-ethyl adjacent to an activating group) is 1. The van der Waals surface area contributed by atoms with Crippen molar-refractivity contribution >= 4 is 33.5 Å². The van der Waals surface area contributed by atoms with Gasteiger partial charge in [0.1, 0.15) is 5.82 Å². The van der Waals surface area contributed by atoms with Gasteiger partial charge in [0.05, 0.1) is 10.5 Å². The molecule has 0 aliphatic carbocycles. The lowest BCUT2D eigenvalue weighted by molar-refractivity contribution is -0.133. The number of nitrogens with zero attached hydrogens (tertiary/aromatic N) is 2. The SMILES string of the molecule is CN(Cc1c(F)cccc1Cl)C(=O)COC(=O)c1ccccc1S(=O)(=O)N1CCCCC1. The van der Waals surface area contributed by atoms with E-state index in [4.69, 9.17) is 16.3 Å². The lowest BCUT2D eigenvalue weighted by Gasteiger charge is -2.26. The topological polar surface area (TPSA) is 84.0 Å². The summed E-state index contributed by atoms with van der Waals surface area (Å²) < 4.78 is 46.4. The highest BCUT2D eigenvalue weighted by Crippen LogP contribution is 2.24. The molecule has 1 aliphatic heterocycles. The molecule has 0 radical (unpaired) electrons. The van der Waals surface area contributed by atoms with E-state index in [1.165, 1.54) is 58.7 Å². The minimum Gasteiger partial charge on any atom is -0.452 e. The van der Waals surface area contributed by atoms with Crippen molar-refractivity contribution in [2.24, 2.45) is 0 Å². The predicted octanol–water partition coefficient (Wildman–Crippen LogP) is 3.47. The van der Waals surface area contributed by atoms with Crippen molar-refractivity contribution in [2.75, 3.05) is 26.7 Å². The van der Waals surface area contributed by atoms with Crippen LogP contribution in [0.2, 0.25) is 5.02 Å². The average Bonchev–Trinajstić information content (AvgIpc) is 2.80. The molecule has 0 unspecified atom stereocenters. The first kappa shape index (κ1) is 24.2. The van der Waals surface area contributed by atoms with E-state index < -0.39 is 34.3 Å². The van der Waals surface area contributed by atoms with Crippen LogP contribution in [-0.2, 0) is 26.1 Å². The molecule has 1 amide bonds. The third-order valence-electron chi connectivity index (χ3n) is 5.25. The van der Waals surface area contributed by atoms with E-state index in [2.05, 4.69) is 0 Å². The Kier molecular flexibility index (Phi) is 7.86. The number of piperidine rings is 1. The summed E-state index contributed by atoms with van der Waals surface area (Å²) in [6.07, 6.45) is 2.49. The van der Waals surface area contributed by atoms with Gasteiger partial charge in [0, 0.05) is 37.3 Å². The van der Waals surface area contributed by atoms with Gasteiger partial charge in [-0.15, -0.1) is 0 Å². The molecule has 3 rings (SSSR count). The quantitative estimate of drug-likeness (QED) is 0.564. The maximum absolute atomic E-state index is 14.0. The fourth-order valence-corrected chi connectivity index (χ4v) is 5.35. The minimum absolute atomic E-state index is 0.109. The van der Waals surface area contributed by atoms with Crippen molar-refractivity contribution in [1.29, 1.82) is 0 Å². The molecule has 2 aromatic rings. The number of esters is 1. The summed E-state index contributed by atoms with van der Waals surface area (Å²) in [4.78, 5) is 26.1. The van der Waals surface area contributed by atoms with Gasteiger partial charge in [0.25, 0.3) is 5.91 Å². The summed E-state index contributed by atoms with van der Waals surface area (Å²) in [6, 6.07) is 9.98. The Morgan fingerprint density at radius 2 is 1.78 bits per heavy atom. The molecular weight excluding hydrogens is 459 g/mol. The lowest BCUT2D eigenvalue weighted by Crippen LogP contribution is -2.36. The molecule has 0 atom stereocenters. The Bertz CT molecular complexity index is 1080. The first-order valence-electron chi connectivity index (χ1n) is 10.1. The van der Waals surface area contributed by atoms with E-state index >= 15 is 0 Å². The molecule has 1 fully saturated rings. The fourth-order valence-electron chi connectivity index (χ4n) is 3.43. The van der Waals surface area contributed by atoms with E-state index in [0.29, 0.717) is 13.1 Å². The number of hydrogen-bond acceptors (Lipinski definition) is 5. The number of rotatable bonds is 7. The van der Waals surface area contributed by atoms with Crippen molar-refractivity contribution in [1.82, 2.24) is 9.21 Å². The third kappa shape index (κ3) is 5.46. The van der Waals surface area contributed by atoms with Crippen molar-refractivity contribution < 1.29 is 27.1 Å². The molecular formula is C22H24ClFN2O5S. The number of hydrogen-bond donors (Lipinski definition) is 0. The number of sulfonamides is 1. The number of carbonyl (C=O) groups is 2. The van der Waals surface area contributed by atoms with Gasteiger partial charge in [-0.2, -0.15) is 4.31 Å². The Morgan fingerprint density at radius 3 is 2.47 bits per heavy atom. The lowest BCUT2D eigenvalue weighted by atomic mass is 10.2. The van der Waals surface area contributed by atoms with E-state index in [0.717, 1.165) is 19.3 Å². The highest BCUT2D eigenvalue weighted by Gasteiger charge is 2.30. The van der Waals surface area contributed by atoms with Crippen molar-refractivity contribution in [2.45, 2.75) is 30.7 Å². The van der Waals surface area contributed by atoms with Gasteiger partial charge in [-0.05, 0) is 37.1 Å². The molecule has 7 nitrogen and oxygen atoms in total. The molecule has 0 aromatic heterocycles. The molecule has 0 spiro atoms. The molecule has 1 aliphatic rings. The molecule has 10 heteroatoms. The van der Waals surface area contributed by atoms with Crippen molar-refractivity contribution in [3.8, 4) is 0 Å². The van der Waals surface area contributed by atoms with Gasteiger partial charge >= 0.3 is 5.97 Å². The van der Waals surface area contributed by atoms with Gasteiger partial charge in [0.2, 0.25) is 10.0 Å². The number of carbonyl (C=O) groups excluding carboxylic acids is 2. The van der Waals surface area contributed by atoms with Crippen LogP contribution in [0, 0.1) is 5.82 Å². The molecule has 172 valence electrons. The van der Waals surface area contributed by atoms with Crippen LogP contribution in [0.5, 0.6) is 0 Å². The summed E-state index contributed by atoms with van der Waals surface area (Å²) >= 11 is 5.99. The molecule has 0 saturated carbocycles. The zero-order valence-corrected chi connectivity index (χ0v) is 19.2. The summed E-state index contributed by atoms with van der Waals surface area (Å²) in [5.74, 6) is -2.06. The first-order chi connectivity index (χ1) is 15.2. The summed E-state index contributed by atoms with van der Waals surface area (Å²) in [7, 11) is -2.44. The van der Waals surface area contributed by atoms with E-state index in [1.54, 1.807) is 0 Å². The van der Waals surface area contributed by atoms with E-state index in [-0.39, 0.29) is 27.6 Å². The fraction of sp³-hybridized carbons (Fsp3) is 0.364. The number of ether oxygens (including phenoxy) is 1. The maximum Gasteiger partial charge on any atom is 0.340 e. The Morgan fingerprint density at radius 1 is 1.09 bits per heavy atom. The maximum atomic E-state index is 14.0. The van der Waals surface area contributed by atoms with E-state index in [1.807, 2.05) is 0 Å². The average molecular weight is 483 g/mol. The van der Waals surface area contributed by atoms with Crippen LogP contribution >= 0.6 is 11.6 Å². The van der Waals surface area contributed by atoms with E-state index in [9.17, 15) is 22.4 Å². The number of halogens is 2. The Hall–Kier alpha value is -2.49. The molecule has 0 bridgehead atoms. The van der Waals surface area contributed by atoms with Gasteiger partial charge in [-0.25, -0.2) is 17.6 Å². The largest absolute Gasteiger partial charge is 0.452 e. The predicted molar refractivity (Wildman–Crippen MR) is 117 cm³/mol. The summed E-state index contributed by atoms with van der Waals surface area (Å²) in [5.41, 5.74) is 0.0139. The van der Waals surface area contributed by atoms with Crippen LogP contribution in [-0.4, -0.2) is 56.2 Å². The standard InChI is InChI=1S/C22H24ClFN2O5S/c1-25(14-17-18(23)9-7-10-19(17)24)21(27)15-31-22(28)16-8-3-4-11-20(16)32(29,30)26-12-5-2-6-13-26/h3-4,7-11H,2,5-6,12-15H2,1H3. The zero-order chi connectivity index (χ0) is 23.3. The van der Waals surface area contributed by atoms with Crippen LogP contribution in [0.3, 0.4) is 0 Å². The molecule has 1 saturated heterocycles. The molecule has 0 N–H and O–H groups in total. The summed E-state index contributed by atoms with van der Waals surface area (Å²) in [5, 5.41) is 0.179. The minimum atomic E-state index is -3.86. The van der Waals surface area contributed by atoms with Crippen LogP contribution in [0.4, 0.5) is 4.39 Å². The second-order valence-corrected chi connectivity index (χ2v) is 9.80. The Labute approximate surface area is 191 Å². The van der Waals surface area contributed by atoms with Gasteiger partial charge in [-0.3, -0.25) is 4.79 Å². The monoisotopic (exact) mass is 482 g/mol. The highest BCUT2D eigenvalue weighted by atomic mass is 35.5. The normalized spacial score (nSPS) is 14.7. The highest BCUT2D eigenvalue weighted by molar-refractivity contribution is 7.89. The molecule has 1 heterocycles.